The molecule has 1 rings (SSSR count). The highest BCUT2D eigenvalue weighted by atomic mass is 35.5. The molecule has 19 heavy (non-hydrogen) atoms. The molecule has 0 aliphatic carbocycles. The van der Waals surface area contributed by atoms with Gasteiger partial charge in [-0.3, -0.25) is 4.79 Å². The number of benzene rings is 1. The molecule has 4 heteroatoms. The highest BCUT2D eigenvalue weighted by Crippen LogP contribution is 2.22. The second kappa shape index (κ2) is 7.39. The van der Waals surface area contributed by atoms with Gasteiger partial charge in [-0.25, -0.2) is 0 Å². The van der Waals surface area contributed by atoms with Gasteiger partial charge >= 0.3 is 0 Å². The lowest BCUT2D eigenvalue weighted by Gasteiger charge is -2.15. The average Bonchev–Trinajstić information content (AvgIpc) is 2.37. The van der Waals surface area contributed by atoms with Crippen LogP contribution in [0.3, 0.4) is 0 Å². The zero-order valence-corrected chi connectivity index (χ0v) is 12.9. The average molecular weight is 283 g/mol. The van der Waals surface area contributed by atoms with Crippen LogP contribution in [0.25, 0.3) is 0 Å². The summed E-state index contributed by atoms with van der Waals surface area (Å²) in [5, 5.41) is 3.85. The molecule has 1 aromatic carbocycles. The molecule has 0 spiro atoms. The van der Waals surface area contributed by atoms with E-state index in [1.54, 1.807) is 20.2 Å². The Morgan fingerprint density at radius 3 is 2.68 bits per heavy atom. The fraction of sp³-hybridized carbons (Fsp3) is 0.533. The van der Waals surface area contributed by atoms with Gasteiger partial charge < -0.3 is 10.2 Å². The highest BCUT2D eigenvalue weighted by molar-refractivity contribution is 6.34. The van der Waals surface area contributed by atoms with Crippen molar-refractivity contribution in [2.45, 2.75) is 26.7 Å². The van der Waals surface area contributed by atoms with Crippen LogP contribution in [0.15, 0.2) is 18.2 Å². The lowest BCUT2D eigenvalue weighted by molar-refractivity contribution is 0.0828. The summed E-state index contributed by atoms with van der Waals surface area (Å²) >= 11 is 6.07. The maximum absolute atomic E-state index is 12.0. The van der Waals surface area contributed by atoms with E-state index in [0.717, 1.165) is 12.2 Å². The Morgan fingerprint density at radius 1 is 1.42 bits per heavy atom. The summed E-state index contributed by atoms with van der Waals surface area (Å²) in [5.74, 6) is 0.545. The number of nitrogens with one attached hydrogen (secondary N) is 1. The Hall–Kier alpha value is -1.22. The van der Waals surface area contributed by atoms with Crippen molar-refractivity contribution in [2.24, 2.45) is 5.92 Å². The van der Waals surface area contributed by atoms with Gasteiger partial charge in [0.15, 0.2) is 0 Å². The third-order valence-corrected chi connectivity index (χ3v) is 3.37. The molecule has 0 radical (unpaired) electrons. The quantitative estimate of drug-likeness (QED) is 0.858. The normalized spacial score (nSPS) is 12.1. The molecule has 1 atom stereocenters. The van der Waals surface area contributed by atoms with E-state index in [0.29, 0.717) is 16.5 Å². The molecular formula is C15H23ClN2O. The number of anilines is 1. The molecule has 3 nitrogen and oxygen atoms in total. The zero-order valence-electron chi connectivity index (χ0n) is 12.2. The molecule has 0 fully saturated rings. The van der Waals surface area contributed by atoms with Crippen molar-refractivity contribution in [1.82, 2.24) is 4.90 Å². The van der Waals surface area contributed by atoms with Crippen molar-refractivity contribution >= 4 is 23.2 Å². The van der Waals surface area contributed by atoms with Gasteiger partial charge in [-0.05, 0) is 30.5 Å². The standard InChI is InChI=1S/C15H23ClN2O/c1-5-6-11(2)10-17-12-7-8-14(16)13(9-12)15(19)18(3)4/h7-9,11,17H,5-6,10H2,1-4H3. The summed E-state index contributed by atoms with van der Waals surface area (Å²) < 4.78 is 0. The van der Waals surface area contributed by atoms with E-state index < -0.39 is 0 Å². The Morgan fingerprint density at radius 2 is 2.11 bits per heavy atom. The van der Waals surface area contributed by atoms with E-state index in [1.165, 1.54) is 17.7 Å². The van der Waals surface area contributed by atoms with Crippen LogP contribution in [0.4, 0.5) is 5.69 Å². The molecule has 0 heterocycles. The van der Waals surface area contributed by atoms with Crippen LogP contribution in [0, 0.1) is 5.92 Å². The maximum Gasteiger partial charge on any atom is 0.254 e. The van der Waals surface area contributed by atoms with Crippen molar-refractivity contribution in [3.63, 3.8) is 0 Å². The fourth-order valence-corrected chi connectivity index (χ4v) is 2.13. The molecule has 0 saturated heterocycles. The Kier molecular flexibility index (Phi) is 6.16. The van der Waals surface area contributed by atoms with Crippen LogP contribution in [-0.4, -0.2) is 31.4 Å². The minimum absolute atomic E-state index is 0.0738. The number of hydrogen-bond acceptors (Lipinski definition) is 2. The van der Waals surface area contributed by atoms with Crippen LogP contribution in [0.1, 0.15) is 37.0 Å². The predicted molar refractivity (Wildman–Crippen MR) is 82.0 cm³/mol. The number of halogens is 1. The first-order valence-electron chi connectivity index (χ1n) is 6.70. The van der Waals surface area contributed by atoms with Gasteiger partial charge in [0.25, 0.3) is 5.91 Å². The molecule has 1 amide bonds. The van der Waals surface area contributed by atoms with Crippen molar-refractivity contribution < 1.29 is 4.79 Å². The van der Waals surface area contributed by atoms with Crippen molar-refractivity contribution in [2.75, 3.05) is 26.0 Å². The number of carbonyl (C=O) groups is 1. The smallest absolute Gasteiger partial charge is 0.254 e. The van der Waals surface area contributed by atoms with E-state index in [-0.39, 0.29) is 5.91 Å². The van der Waals surface area contributed by atoms with Gasteiger partial charge in [0, 0.05) is 26.3 Å². The van der Waals surface area contributed by atoms with Crippen LogP contribution in [-0.2, 0) is 0 Å². The minimum atomic E-state index is -0.0738. The van der Waals surface area contributed by atoms with E-state index in [1.807, 2.05) is 12.1 Å². The number of carbonyl (C=O) groups excluding carboxylic acids is 1. The summed E-state index contributed by atoms with van der Waals surface area (Å²) in [6.45, 7) is 5.32. The van der Waals surface area contributed by atoms with E-state index in [9.17, 15) is 4.79 Å². The molecule has 106 valence electrons. The second-order valence-corrected chi connectivity index (χ2v) is 5.58. The van der Waals surface area contributed by atoms with Crippen LogP contribution in [0.2, 0.25) is 5.02 Å². The van der Waals surface area contributed by atoms with E-state index in [4.69, 9.17) is 11.6 Å². The molecule has 0 bridgehead atoms. The van der Waals surface area contributed by atoms with Crippen LogP contribution < -0.4 is 5.32 Å². The van der Waals surface area contributed by atoms with Gasteiger partial charge in [0.05, 0.1) is 10.6 Å². The molecule has 0 aliphatic heterocycles. The number of amides is 1. The van der Waals surface area contributed by atoms with Gasteiger partial charge in [-0.2, -0.15) is 0 Å². The maximum atomic E-state index is 12.0. The zero-order chi connectivity index (χ0) is 14.4. The summed E-state index contributed by atoms with van der Waals surface area (Å²) in [6, 6.07) is 5.50. The second-order valence-electron chi connectivity index (χ2n) is 5.17. The van der Waals surface area contributed by atoms with Gasteiger partial charge in [0.2, 0.25) is 0 Å². The molecule has 1 unspecified atom stereocenters. The molecule has 0 saturated carbocycles. The van der Waals surface area contributed by atoms with Gasteiger partial charge in [-0.1, -0.05) is 31.9 Å². The molecular weight excluding hydrogens is 260 g/mol. The van der Waals surface area contributed by atoms with Crippen LogP contribution in [0.5, 0.6) is 0 Å². The lowest BCUT2D eigenvalue weighted by Crippen LogP contribution is -2.22. The molecule has 0 aliphatic rings. The Bertz CT molecular complexity index is 432. The number of rotatable bonds is 6. The largest absolute Gasteiger partial charge is 0.385 e. The number of nitrogens with zero attached hydrogens (tertiary/aromatic N) is 1. The Labute approximate surface area is 120 Å². The van der Waals surface area contributed by atoms with Crippen molar-refractivity contribution in [1.29, 1.82) is 0 Å². The molecule has 1 aromatic rings. The van der Waals surface area contributed by atoms with E-state index in [2.05, 4.69) is 19.2 Å². The summed E-state index contributed by atoms with van der Waals surface area (Å²) in [4.78, 5) is 13.5. The van der Waals surface area contributed by atoms with Crippen LogP contribution >= 0.6 is 11.6 Å². The first kappa shape index (κ1) is 15.8. The third-order valence-electron chi connectivity index (χ3n) is 3.04. The summed E-state index contributed by atoms with van der Waals surface area (Å²) in [6.07, 6.45) is 2.39. The first-order chi connectivity index (χ1) is 8.95. The molecule has 0 aromatic heterocycles. The monoisotopic (exact) mass is 282 g/mol. The predicted octanol–water partition coefficient (Wildman–Crippen LogP) is 3.89. The number of hydrogen-bond donors (Lipinski definition) is 1. The first-order valence-corrected chi connectivity index (χ1v) is 7.08. The summed E-state index contributed by atoms with van der Waals surface area (Å²) in [7, 11) is 3.45. The van der Waals surface area contributed by atoms with Gasteiger partial charge in [-0.15, -0.1) is 0 Å². The minimum Gasteiger partial charge on any atom is -0.385 e. The Balaban J connectivity index is 2.76. The topological polar surface area (TPSA) is 32.3 Å². The third kappa shape index (κ3) is 4.75. The summed E-state index contributed by atoms with van der Waals surface area (Å²) in [5.41, 5.74) is 1.48. The lowest BCUT2D eigenvalue weighted by atomic mass is 10.1. The highest BCUT2D eigenvalue weighted by Gasteiger charge is 2.13. The van der Waals surface area contributed by atoms with Crippen molar-refractivity contribution in [3.8, 4) is 0 Å². The van der Waals surface area contributed by atoms with Crippen molar-refractivity contribution in [3.05, 3.63) is 28.8 Å². The fourth-order valence-electron chi connectivity index (χ4n) is 1.93. The van der Waals surface area contributed by atoms with E-state index >= 15 is 0 Å². The van der Waals surface area contributed by atoms with Gasteiger partial charge in [0.1, 0.15) is 0 Å². The SMILES string of the molecule is CCCC(C)CNc1ccc(Cl)c(C(=O)N(C)C)c1. The molecule has 1 N–H and O–H groups in total.